The largest absolute Gasteiger partial charge is 0.489 e. The average molecular weight is 304 g/mol. The third kappa shape index (κ3) is 4.51. The number of hydrogen-bond acceptors (Lipinski definition) is 3. The summed E-state index contributed by atoms with van der Waals surface area (Å²) in [6.45, 7) is 1.33. The lowest BCUT2D eigenvalue weighted by Gasteiger charge is -2.09. The van der Waals surface area contributed by atoms with Crippen LogP contribution in [0.15, 0.2) is 78.9 Å². The summed E-state index contributed by atoms with van der Waals surface area (Å²) in [4.78, 5) is 0. The molecule has 0 aliphatic rings. The van der Waals surface area contributed by atoms with E-state index in [2.05, 4.69) is 23.5 Å². The van der Waals surface area contributed by atoms with Crippen LogP contribution >= 0.6 is 0 Å². The number of hydrogen-bond donors (Lipinski definition) is 2. The van der Waals surface area contributed by atoms with Gasteiger partial charge >= 0.3 is 0 Å². The van der Waals surface area contributed by atoms with Gasteiger partial charge in [-0.2, -0.15) is 0 Å². The van der Waals surface area contributed by atoms with Gasteiger partial charge in [0.2, 0.25) is 0 Å². The number of benzene rings is 3. The zero-order chi connectivity index (χ0) is 15.9. The Morgan fingerprint density at radius 2 is 1.52 bits per heavy atom. The predicted octanol–water partition coefficient (Wildman–Crippen LogP) is 4.46. The van der Waals surface area contributed by atoms with Crippen molar-refractivity contribution in [2.45, 2.75) is 13.2 Å². The lowest BCUT2D eigenvalue weighted by molar-refractivity contribution is 0.306. The zero-order valence-corrected chi connectivity index (χ0v) is 12.9. The first-order valence-corrected chi connectivity index (χ1v) is 7.65. The van der Waals surface area contributed by atoms with Gasteiger partial charge in [-0.3, -0.25) is 0 Å². The van der Waals surface area contributed by atoms with E-state index in [0.29, 0.717) is 6.61 Å². The molecule has 0 fully saturated rings. The average Bonchev–Trinajstić information content (AvgIpc) is 2.60. The lowest BCUT2D eigenvalue weighted by Crippen LogP contribution is -2.00. The predicted molar refractivity (Wildman–Crippen MR) is 95.4 cm³/mol. The number of rotatable bonds is 6. The Hall–Kier alpha value is -2.94. The summed E-state index contributed by atoms with van der Waals surface area (Å²) in [6.07, 6.45) is 0. The molecule has 0 aromatic heterocycles. The molecule has 0 aliphatic heterocycles. The van der Waals surface area contributed by atoms with Gasteiger partial charge in [0.15, 0.2) is 0 Å². The summed E-state index contributed by atoms with van der Waals surface area (Å²) in [5, 5.41) is 3.38. The quantitative estimate of drug-likeness (QED) is 0.661. The van der Waals surface area contributed by atoms with Gasteiger partial charge in [0, 0.05) is 17.9 Å². The van der Waals surface area contributed by atoms with Gasteiger partial charge in [0.25, 0.3) is 0 Å². The first kappa shape index (κ1) is 15.0. The van der Waals surface area contributed by atoms with Crippen molar-refractivity contribution in [1.82, 2.24) is 0 Å². The molecule has 3 N–H and O–H groups in total. The molecule has 0 spiro atoms. The van der Waals surface area contributed by atoms with Crippen molar-refractivity contribution in [1.29, 1.82) is 0 Å². The van der Waals surface area contributed by atoms with E-state index in [0.717, 1.165) is 34.8 Å². The summed E-state index contributed by atoms with van der Waals surface area (Å²) in [5.41, 5.74) is 9.95. The van der Waals surface area contributed by atoms with E-state index >= 15 is 0 Å². The van der Waals surface area contributed by atoms with Crippen molar-refractivity contribution in [3.8, 4) is 5.75 Å². The molecule has 0 radical (unpaired) electrons. The molecule has 116 valence electrons. The van der Waals surface area contributed by atoms with Gasteiger partial charge in [-0.1, -0.05) is 42.5 Å². The summed E-state index contributed by atoms with van der Waals surface area (Å²) in [6, 6.07) is 26.0. The molecule has 0 bridgehead atoms. The normalized spacial score (nSPS) is 10.3. The van der Waals surface area contributed by atoms with Crippen molar-refractivity contribution < 1.29 is 4.74 Å². The molecule has 0 saturated carbocycles. The van der Waals surface area contributed by atoms with E-state index in [4.69, 9.17) is 10.5 Å². The van der Waals surface area contributed by atoms with Crippen LogP contribution in [0.4, 0.5) is 11.4 Å². The lowest BCUT2D eigenvalue weighted by atomic mass is 10.2. The molecule has 3 heteroatoms. The van der Waals surface area contributed by atoms with Gasteiger partial charge < -0.3 is 15.8 Å². The topological polar surface area (TPSA) is 47.3 Å². The standard InChI is InChI=1S/C20H20N2O/c21-18-8-4-7-17(13-18)14-22-19-9-11-20(12-10-19)23-15-16-5-2-1-3-6-16/h1-13,22H,14-15,21H2. The number of nitrogens with two attached hydrogens (primary N) is 1. The van der Waals surface area contributed by atoms with Crippen molar-refractivity contribution in [2.75, 3.05) is 11.1 Å². The van der Waals surface area contributed by atoms with Gasteiger partial charge in [0.1, 0.15) is 12.4 Å². The summed E-state index contributed by atoms with van der Waals surface area (Å²) < 4.78 is 5.78. The Morgan fingerprint density at radius 1 is 0.783 bits per heavy atom. The van der Waals surface area contributed by atoms with E-state index < -0.39 is 0 Å². The van der Waals surface area contributed by atoms with Crippen molar-refractivity contribution in [3.05, 3.63) is 90.0 Å². The van der Waals surface area contributed by atoms with Crippen molar-refractivity contribution in [2.24, 2.45) is 0 Å². The second-order valence-corrected chi connectivity index (χ2v) is 5.40. The van der Waals surface area contributed by atoms with Crippen LogP contribution in [0.1, 0.15) is 11.1 Å². The van der Waals surface area contributed by atoms with Crippen molar-refractivity contribution >= 4 is 11.4 Å². The van der Waals surface area contributed by atoms with Crippen LogP contribution in [0.2, 0.25) is 0 Å². The first-order chi connectivity index (χ1) is 11.3. The maximum atomic E-state index is 5.78. The van der Waals surface area contributed by atoms with Crippen LogP contribution in [0.5, 0.6) is 5.75 Å². The van der Waals surface area contributed by atoms with Crippen LogP contribution in [-0.4, -0.2) is 0 Å². The van der Waals surface area contributed by atoms with Crippen LogP contribution in [0.25, 0.3) is 0 Å². The van der Waals surface area contributed by atoms with E-state index in [1.807, 2.05) is 60.7 Å². The van der Waals surface area contributed by atoms with Gasteiger partial charge in [-0.05, 0) is 47.5 Å². The molecule has 0 saturated heterocycles. The zero-order valence-electron chi connectivity index (χ0n) is 12.9. The molecule has 0 heterocycles. The molecule has 3 aromatic rings. The second kappa shape index (κ2) is 7.36. The van der Waals surface area contributed by atoms with Crippen LogP contribution in [-0.2, 0) is 13.2 Å². The minimum absolute atomic E-state index is 0.580. The highest BCUT2D eigenvalue weighted by molar-refractivity contribution is 5.48. The maximum absolute atomic E-state index is 5.78. The van der Waals surface area contributed by atoms with E-state index in [-0.39, 0.29) is 0 Å². The minimum atomic E-state index is 0.580. The fraction of sp³-hybridized carbons (Fsp3) is 0.100. The first-order valence-electron chi connectivity index (χ1n) is 7.65. The Morgan fingerprint density at radius 3 is 2.26 bits per heavy atom. The van der Waals surface area contributed by atoms with E-state index in [9.17, 15) is 0 Å². The fourth-order valence-corrected chi connectivity index (χ4v) is 2.32. The second-order valence-electron chi connectivity index (χ2n) is 5.40. The van der Waals surface area contributed by atoms with Crippen LogP contribution < -0.4 is 15.8 Å². The highest BCUT2D eigenvalue weighted by Crippen LogP contribution is 2.18. The smallest absolute Gasteiger partial charge is 0.119 e. The third-order valence-electron chi connectivity index (χ3n) is 3.55. The number of nitrogens with one attached hydrogen (secondary N) is 1. The highest BCUT2D eigenvalue weighted by Gasteiger charge is 1.98. The molecule has 3 rings (SSSR count). The van der Waals surface area contributed by atoms with Gasteiger partial charge in [-0.15, -0.1) is 0 Å². The Balaban J connectivity index is 1.52. The Labute approximate surface area is 136 Å². The minimum Gasteiger partial charge on any atom is -0.489 e. The van der Waals surface area contributed by atoms with E-state index in [1.165, 1.54) is 0 Å². The molecule has 3 aromatic carbocycles. The maximum Gasteiger partial charge on any atom is 0.119 e. The Kier molecular flexibility index (Phi) is 4.79. The molecule has 0 amide bonds. The highest BCUT2D eigenvalue weighted by atomic mass is 16.5. The van der Waals surface area contributed by atoms with Gasteiger partial charge in [0.05, 0.1) is 0 Å². The Bertz CT molecular complexity index is 739. The number of ether oxygens (including phenoxy) is 1. The summed E-state index contributed by atoms with van der Waals surface area (Å²) >= 11 is 0. The monoisotopic (exact) mass is 304 g/mol. The number of nitrogen functional groups attached to an aromatic ring is 1. The third-order valence-corrected chi connectivity index (χ3v) is 3.55. The van der Waals surface area contributed by atoms with Crippen LogP contribution in [0, 0.1) is 0 Å². The van der Waals surface area contributed by atoms with Gasteiger partial charge in [-0.25, -0.2) is 0 Å². The molecule has 3 nitrogen and oxygen atoms in total. The molecular formula is C20H20N2O. The molecule has 23 heavy (non-hydrogen) atoms. The number of anilines is 2. The van der Waals surface area contributed by atoms with Crippen molar-refractivity contribution in [3.63, 3.8) is 0 Å². The fourth-order valence-electron chi connectivity index (χ4n) is 2.32. The molecule has 0 aliphatic carbocycles. The van der Waals surface area contributed by atoms with E-state index in [1.54, 1.807) is 0 Å². The molecular weight excluding hydrogens is 284 g/mol. The SMILES string of the molecule is Nc1cccc(CNc2ccc(OCc3ccccc3)cc2)c1. The summed E-state index contributed by atoms with van der Waals surface area (Å²) in [7, 11) is 0. The molecule has 0 atom stereocenters. The van der Waals surface area contributed by atoms with Crippen LogP contribution in [0.3, 0.4) is 0 Å². The molecule has 0 unspecified atom stereocenters. The summed E-state index contributed by atoms with van der Waals surface area (Å²) in [5.74, 6) is 0.864.